The molecule has 1 fully saturated rings. The van der Waals surface area contributed by atoms with Gasteiger partial charge in [-0.1, -0.05) is 13.8 Å². The number of rotatable bonds is 4. The van der Waals surface area contributed by atoms with Crippen molar-refractivity contribution in [3.63, 3.8) is 0 Å². The van der Waals surface area contributed by atoms with Crippen LogP contribution in [0.3, 0.4) is 0 Å². The first-order valence-corrected chi connectivity index (χ1v) is 6.08. The van der Waals surface area contributed by atoms with E-state index in [-0.39, 0.29) is 11.8 Å². The minimum Gasteiger partial charge on any atom is -0.359 e. The van der Waals surface area contributed by atoms with E-state index in [1.54, 1.807) is 7.05 Å². The Labute approximate surface area is 93.0 Å². The van der Waals surface area contributed by atoms with Gasteiger partial charge in [0, 0.05) is 19.0 Å². The molecule has 88 valence electrons. The second-order valence-corrected chi connectivity index (χ2v) is 4.89. The van der Waals surface area contributed by atoms with Gasteiger partial charge in [0.05, 0.1) is 0 Å². The Morgan fingerprint density at radius 1 is 1.27 bits per heavy atom. The van der Waals surface area contributed by atoms with E-state index in [0.717, 1.165) is 25.3 Å². The molecule has 0 unspecified atom stereocenters. The van der Waals surface area contributed by atoms with Gasteiger partial charge in [-0.25, -0.2) is 0 Å². The molecule has 1 rings (SSSR count). The van der Waals surface area contributed by atoms with E-state index in [2.05, 4.69) is 24.5 Å². The second kappa shape index (κ2) is 6.11. The molecule has 0 aliphatic heterocycles. The maximum absolute atomic E-state index is 11.4. The monoisotopic (exact) mass is 212 g/mol. The third-order valence-electron chi connectivity index (χ3n) is 3.28. The van der Waals surface area contributed by atoms with Gasteiger partial charge in [-0.3, -0.25) is 4.79 Å². The highest BCUT2D eigenvalue weighted by Crippen LogP contribution is 2.28. The first-order valence-electron chi connectivity index (χ1n) is 6.08. The average molecular weight is 212 g/mol. The molecule has 3 nitrogen and oxygen atoms in total. The molecule has 0 aromatic rings. The van der Waals surface area contributed by atoms with E-state index in [1.165, 1.54) is 12.8 Å². The topological polar surface area (TPSA) is 41.1 Å². The highest BCUT2D eigenvalue weighted by molar-refractivity contribution is 5.78. The lowest BCUT2D eigenvalue weighted by atomic mass is 9.81. The minimum atomic E-state index is 0.227. The van der Waals surface area contributed by atoms with Gasteiger partial charge in [-0.05, 0) is 38.1 Å². The van der Waals surface area contributed by atoms with Crippen LogP contribution in [0.25, 0.3) is 0 Å². The molecule has 0 spiro atoms. The summed E-state index contributed by atoms with van der Waals surface area (Å²) in [6.07, 6.45) is 4.50. The molecular formula is C12H24N2O. The van der Waals surface area contributed by atoms with E-state index in [4.69, 9.17) is 0 Å². The third-order valence-corrected chi connectivity index (χ3v) is 3.28. The van der Waals surface area contributed by atoms with Crippen LogP contribution in [0.2, 0.25) is 0 Å². The summed E-state index contributed by atoms with van der Waals surface area (Å²) in [4.78, 5) is 11.4. The maximum Gasteiger partial charge on any atom is 0.222 e. The molecule has 0 radical (unpaired) electrons. The van der Waals surface area contributed by atoms with E-state index in [0.29, 0.717) is 6.04 Å². The van der Waals surface area contributed by atoms with Crippen molar-refractivity contribution >= 4 is 5.91 Å². The number of carbonyl (C=O) groups excluding carboxylic acids is 1. The Kier molecular flexibility index (Phi) is 5.09. The molecule has 0 aromatic carbocycles. The van der Waals surface area contributed by atoms with E-state index >= 15 is 0 Å². The smallest absolute Gasteiger partial charge is 0.222 e. The highest BCUT2D eigenvalue weighted by atomic mass is 16.1. The average Bonchev–Trinajstić information content (AvgIpc) is 2.26. The molecule has 0 aromatic heterocycles. The lowest BCUT2D eigenvalue weighted by molar-refractivity contribution is -0.125. The third kappa shape index (κ3) is 4.20. The lowest BCUT2D eigenvalue weighted by Gasteiger charge is -2.28. The molecule has 1 aliphatic carbocycles. The molecule has 1 amide bonds. The largest absolute Gasteiger partial charge is 0.359 e. The fourth-order valence-electron chi connectivity index (χ4n) is 2.24. The van der Waals surface area contributed by atoms with Gasteiger partial charge in [0.15, 0.2) is 0 Å². The second-order valence-electron chi connectivity index (χ2n) is 4.89. The molecule has 0 saturated heterocycles. The quantitative estimate of drug-likeness (QED) is 0.742. The van der Waals surface area contributed by atoms with Crippen LogP contribution in [0.5, 0.6) is 0 Å². The van der Waals surface area contributed by atoms with E-state index in [1.807, 2.05) is 0 Å². The van der Waals surface area contributed by atoms with Crippen LogP contribution in [-0.4, -0.2) is 25.5 Å². The number of hydrogen-bond donors (Lipinski definition) is 2. The van der Waals surface area contributed by atoms with Crippen LogP contribution in [0.4, 0.5) is 0 Å². The maximum atomic E-state index is 11.4. The van der Waals surface area contributed by atoms with Crippen molar-refractivity contribution in [3.05, 3.63) is 0 Å². The molecule has 3 heteroatoms. The van der Waals surface area contributed by atoms with E-state index in [9.17, 15) is 4.79 Å². The van der Waals surface area contributed by atoms with Crippen molar-refractivity contribution in [3.8, 4) is 0 Å². The van der Waals surface area contributed by atoms with Crippen LogP contribution in [0, 0.1) is 11.8 Å². The first kappa shape index (κ1) is 12.5. The predicted octanol–water partition coefficient (Wildman–Crippen LogP) is 1.54. The molecule has 1 aliphatic rings. The summed E-state index contributed by atoms with van der Waals surface area (Å²) < 4.78 is 0. The van der Waals surface area contributed by atoms with Crippen LogP contribution in [-0.2, 0) is 4.79 Å². The molecule has 1 saturated carbocycles. The molecule has 15 heavy (non-hydrogen) atoms. The SMILES string of the molecule is CNC(=O)[C@H]1CC[C@H](CNC(C)C)CC1. The molecule has 0 atom stereocenters. The van der Waals surface area contributed by atoms with Crippen molar-refractivity contribution in [1.82, 2.24) is 10.6 Å². The number of carbonyl (C=O) groups is 1. The highest BCUT2D eigenvalue weighted by Gasteiger charge is 2.25. The summed E-state index contributed by atoms with van der Waals surface area (Å²) >= 11 is 0. The number of hydrogen-bond acceptors (Lipinski definition) is 2. The van der Waals surface area contributed by atoms with Crippen LogP contribution >= 0.6 is 0 Å². The van der Waals surface area contributed by atoms with Crippen LogP contribution in [0.1, 0.15) is 39.5 Å². The molecule has 0 heterocycles. The predicted molar refractivity (Wildman–Crippen MR) is 62.7 cm³/mol. The van der Waals surface area contributed by atoms with Crippen molar-refractivity contribution < 1.29 is 4.79 Å². The molecule has 2 N–H and O–H groups in total. The standard InChI is InChI=1S/C12H24N2O/c1-9(2)14-8-10-4-6-11(7-5-10)12(15)13-3/h9-11,14H,4-8H2,1-3H3,(H,13,15)/t10-,11-. The fraction of sp³-hybridized carbons (Fsp3) is 0.917. The normalized spacial score (nSPS) is 26.7. The number of amides is 1. The van der Waals surface area contributed by atoms with E-state index < -0.39 is 0 Å². The summed E-state index contributed by atoms with van der Waals surface area (Å²) in [6, 6.07) is 0.571. The summed E-state index contributed by atoms with van der Waals surface area (Å²) in [5.41, 5.74) is 0. The van der Waals surface area contributed by atoms with Gasteiger partial charge in [-0.2, -0.15) is 0 Å². The van der Waals surface area contributed by atoms with Gasteiger partial charge >= 0.3 is 0 Å². The zero-order chi connectivity index (χ0) is 11.3. The summed E-state index contributed by atoms with van der Waals surface area (Å²) in [7, 11) is 1.73. The Hall–Kier alpha value is -0.570. The zero-order valence-corrected chi connectivity index (χ0v) is 10.2. The molecular weight excluding hydrogens is 188 g/mol. The Bertz CT molecular complexity index is 196. The first-order chi connectivity index (χ1) is 7.13. The van der Waals surface area contributed by atoms with Gasteiger partial charge in [0.1, 0.15) is 0 Å². The summed E-state index contributed by atoms with van der Waals surface area (Å²) in [6.45, 7) is 5.46. The molecule has 0 bridgehead atoms. The Morgan fingerprint density at radius 3 is 2.33 bits per heavy atom. The van der Waals surface area contributed by atoms with Crippen molar-refractivity contribution in [2.24, 2.45) is 11.8 Å². The van der Waals surface area contributed by atoms with Crippen LogP contribution < -0.4 is 10.6 Å². The Balaban J connectivity index is 2.21. The van der Waals surface area contributed by atoms with Gasteiger partial charge < -0.3 is 10.6 Å². The summed E-state index contributed by atoms with van der Waals surface area (Å²) in [5, 5.41) is 6.22. The van der Waals surface area contributed by atoms with Crippen molar-refractivity contribution in [2.45, 2.75) is 45.6 Å². The van der Waals surface area contributed by atoms with Gasteiger partial charge in [0.2, 0.25) is 5.91 Å². The fourth-order valence-corrected chi connectivity index (χ4v) is 2.24. The van der Waals surface area contributed by atoms with Crippen molar-refractivity contribution in [2.75, 3.05) is 13.6 Å². The van der Waals surface area contributed by atoms with Crippen molar-refractivity contribution in [1.29, 1.82) is 0 Å². The minimum absolute atomic E-state index is 0.227. The van der Waals surface area contributed by atoms with Gasteiger partial charge in [-0.15, -0.1) is 0 Å². The lowest BCUT2D eigenvalue weighted by Crippen LogP contribution is -2.34. The summed E-state index contributed by atoms with van der Waals surface area (Å²) in [5.74, 6) is 1.27. The number of nitrogens with one attached hydrogen (secondary N) is 2. The zero-order valence-electron chi connectivity index (χ0n) is 10.2. The van der Waals surface area contributed by atoms with Gasteiger partial charge in [0.25, 0.3) is 0 Å². The Morgan fingerprint density at radius 2 is 1.87 bits per heavy atom. The van der Waals surface area contributed by atoms with Crippen LogP contribution in [0.15, 0.2) is 0 Å².